The Bertz CT molecular complexity index is 676. The van der Waals surface area contributed by atoms with Gasteiger partial charge in [-0.25, -0.2) is 0 Å². The lowest BCUT2D eigenvalue weighted by Gasteiger charge is -2.23. The van der Waals surface area contributed by atoms with Gasteiger partial charge < -0.3 is 19.9 Å². The third-order valence-corrected chi connectivity index (χ3v) is 4.05. The average Bonchev–Trinajstić information content (AvgIpc) is 2.67. The summed E-state index contributed by atoms with van der Waals surface area (Å²) in [5.74, 6) is 2.08. The van der Waals surface area contributed by atoms with E-state index in [1.54, 1.807) is 21.3 Å². The van der Waals surface area contributed by atoms with Gasteiger partial charge in [-0.1, -0.05) is 42.5 Å². The Labute approximate surface area is 149 Å². The molecule has 5 heteroatoms. The minimum absolute atomic E-state index is 0.162. The van der Waals surface area contributed by atoms with Crippen LogP contribution < -0.4 is 19.9 Å². The Morgan fingerprint density at radius 2 is 1.60 bits per heavy atom. The molecule has 0 aliphatic heterocycles. The van der Waals surface area contributed by atoms with Crippen LogP contribution in [0, 0.1) is 0 Å². The van der Waals surface area contributed by atoms with Crippen molar-refractivity contribution in [1.29, 1.82) is 0 Å². The SMILES string of the molecule is COc1cc(OC)c(C=CCN(C)C(N)c2ccccc2)c(OC)c1. The van der Waals surface area contributed by atoms with Crippen LogP contribution in [0.4, 0.5) is 0 Å². The quantitative estimate of drug-likeness (QED) is 0.746. The highest BCUT2D eigenvalue weighted by Gasteiger charge is 2.12. The van der Waals surface area contributed by atoms with E-state index >= 15 is 0 Å². The van der Waals surface area contributed by atoms with Gasteiger partial charge in [0, 0.05) is 18.7 Å². The van der Waals surface area contributed by atoms with E-state index in [-0.39, 0.29) is 6.17 Å². The number of hydrogen-bond donors (Lipinski definition) is 1. The Hall–Kier alpha value is -2.50. The summed E-state index contributed by atoms with van der Waals surface area (Å²) in [6.07, 6.45) is 3.85. The molecule has 2 aromatic carbocycles. The third kappa shape index (κ3) is 4.75. The van der Waals surface area contributed by atoms with Crippen LogP contribution >= 0.6 is 0 Å². The fourth-order valence-corrected chi connectivity index (χ4v) is 2.55. The van der Waals surface area contributed by atoms with E-state index in [9.17, 15) is 0 Å². The van der Waals surface area contributed by atoms with Crippen LogP contribution in [0.15, 0.2) is 48.5 Å². The Morgan fingerprint density at radius 3 is 2.12 bits per heavy atom. The molecule has 0 aromatic heterocycles. The van der Waals surface area contributed by atoms with Gasteiger partial charge in [0.1, 0.15) is 17.2 Å². The molecule has 0 amide bonds. The molecule has 0 bridgehead atoms. The highest BCUT2D eigenvalue weighted by Crippen LogP contribution is 2.35. The summed E-state index contributed by atoms with van der Waals surface area (Å²) in [5.41, 5.74) is 8.24. The van der Waals surface area contributed by atoms with E-state index in [1.807, 2.05) is 61.7 Å². The summed E-state index contributed by atoms with van der Waals surface area (Å²) in [5, 5.41) is 0. The van der Waals surface area contributed by atoms with Crippen molar-refractivity contribution in [3.05, 3.63) is 59.7 Å². The number of benzene rings is 2. The van der Waals surface area contributed by atoms with Crippen LogP contribution in [0.2, 0.25) is 0 Å². The first-order chi connectivity index (χ1) is 12.1. The molecule has 0 saturated carbocycles. The summed E-state index contributed by atoms with van der Waals surface area (Å²) in [7, 11) is 6.86. The molecule has 134 valence electrons. The lowest BCUT2D eigenvalue weighted by molar-refractivity contribution is 0.277. The highest BCUT2D eigenvalue weighted by atomic mass is 16.5. The molecule has 0 fully saturated rings. The number of ether oxygens (including phenoxy) is 3. The van der Waals surface area contributed by atoms with E-state index in [4.69, 9.17) is 19.9 Å². The zero-order chi connectivity index (χ0) is 18.2. The van der Waals surface area contributed by atoms with Crippen LogP contribution in [0.3, 0.4) is 0 Å². The summed E-state index contributed by atoms with van der Waals surface area (Å²) >= 11 is 0. The molecule has 2 aromatic rings. The van der Waals surface area contributed by atoms with Crippen molar-refractivity contribution in [3.63, 3.8) is 0 Å². The van der Waals surface area contributed by atoms with Crippen LogP contribution in [0.25, 0.3) is 6.08 Å². The van der Waals surface area contributed by atoms with Crippen LogP contribution in [0.5, 0.6) is 17.2 Å². The maximum absolute atomic E-state index is 6.29. The van der Waals surface area contributed by atoms with Gasteiger partial charge in [0.25, 0.3) is 0 Å². The summed E-state index contributed by atoms with van der Waals surface area (Å²) in [6.45, 7) is 0.689. The van der Waals surface area contributed by atoms with Crippen LogP contribution in [-0.4, -0.2) is 39.8 Å². The lowest BCUT2D eigenvalue weighted by atomic mass is 10.1. The maximum Gasteiger partial charge on any atom is 0.133 e. The number of nitrogens with two attached hydrogens (primary N) is 1. The molecule has 0 aliphatic carbocycles. The second kappa shape index (κ2) is 9.11. The fourth-order valence-electron chi connectivity index (χ4n) is 2.55. The van der Waals surface area contributed by atoms with Crippen molar-refractivity contribution in [2.24, 2.45) is 5.73 Å². The molecule has 5 nitrogen and oxygen atoms in total. The smallest absolute Gasteiger partial charge is 0.133 e. The first kappa shape index (κ1) is 18.8. The van der Waals surface area contributed by atoms with Gasteiger partial charge in [0.15, 0.2) is 0 Å². The fraction of sp³-hybridized carbons (Fsp3) is 0.300. The number of rotatable bonds is 8. The van der Waals surface area contributed by atoms with E-state index in [1.165, 1.54) is 0 Å². The molecule has 0 radical (unpaired) electrons. The number of methoxy groups -OCH3 is 3. The van der Waals surface area contributed by atoms with Gasteiger partial charge in [0.05, 0.1) is 33.1 Å². The van der Waals surface area contributed by atoms with Gasteiger partial charge in [-0.2, -0.15) is 0 Å². The predicted octanol–water partition coefficient (Wildman–Crippen LogP) is 3.31. The molecule has 2 N–H and O–H groups in total. The molecule has 0 heterocycles. The number of hydrogen-bond acceptors (Lipinski definition) is 5. The topological polar surface area (TPSA) is 57.0 Å². The van der Waals surface area contributed by atoms with E-state index in [0.29, 0.717) is 23.8 Å². The van der Waals surface area contributed by atoms with E-state index in [2.05, 4.69) is 4.90 Å². The Morgan fingerprint density at radius 1 is 1.00 bits per heavy atom. The minimum Gasteiger partial charge on any atom is -0.496 e. The van der Waals surface area contributed by atoms with Crippen molar-refractivity contribution in [2.45, 2.75) is 6.17 Å². The van der Waals surface area contributed by atoms with Crippen molar-refractivity contribution in [2.75, 3.05) is 34.9 Å². The second-order valence-corrected chi connectivity index (χ2v) is 5.64. The molecular weight excluding hydrogens is 316 g/mol. The molecule has 1 atom stereocenters. The van der Waals surface area contributed by atoms with Crippen molar-refractivity contribution >= 4 is 6.08 Å². The lowest BCUT2D eigenvalue weighted by Crippen LogP contribution is -2.31. The van der Waals surface area contributed by atoms with Gasteiger partial charge in [-0.3, -0.25) is 4.90 Å². The molecule has 25 heavy (non-hydrogen) atoms. The average molecular weight is 342 g/mol. The second-order valence-electron chi connectivity index (χ2n) is 5.64. The van der Waals surface area contributed by atoms with E-state index < -0.39 is 0 Å². The van der Waals surface area contributed by atoms with Crippen molar-refractivity contribution in [3.8, 4) is 17.2 Å². The molecule has 2 rings (SSSR count). The van der Waals surface area contributed by atoms with Gasteiger partial charge in [-0.15, -0.1) is 0 Å². The number of likely N-dealkylation sites (N-methyl/N-ethyl adjacent to an activating group) is 1. The van der Waals surface area contributed by atoms with Gasteiger partial charge >= 0.3 is 0 Å². The van der Waals surface area contributed by atoms with Crippen molar-refractivity contribution < 1.29 is 14.2 Å². The molecule has 0 spiro atoms. The summed E-state index contributed by atoms with van der Waals surface area (Å²) in [4.78, 5) is 2.06. The molecule has 0 saturated heterocycles. The highest BCUT2D eigenvalue weighted by molar-refractivity contribution is 5.66. The van der Waals surface area contributed by atoms with Crippen LogP contribution in [-0.2, 0) is 0 Å². The standard InChI is InChI=1S/C20H26N2O3/c1-22(20(21)15-9-6-5-7-10-15)12-8-11-17-18(24-3)13-16(23-2)14-19(17)25-4/h5-11,13-14,20H,12,21H2,1-4H3. The minimum atomic E-state index is -0.162. The zero-order valence-electron chi connectivity index (χ0n) is 15.2. The van der Waals surface area contributed by atoms with Gasteiger partial charge in [0.2, 0.25) is 0 Å². The first-order valence-electron chi connectivity index (χ1n) is 8.08. The summed E-state index contributed by atoms with van der Waals surface area (Å²) < 4.78 is 16.2. The summed E-state index contributed by atoms with van der Waals surface area (Å²) in [6, 6.07) is 13.7. The Balaban J connectivity index is 2.13. The first-order valence-corrected chi connectivity index (χ1v) is 8.08. The largest absolute Gasteiger partial charge is 0.496 e. The predicted molar refractivity (Wildman–Crippen MR) is 101 cm³/mol. The van der Waals surface area contributed by atoms with Gasteiger partial charge in [-0.05, 0) is 12.6 Å². The Kier molecular flexibility index (Phi) is 6.86. The number of nitrogens with zero attached hydrogens (tertiary/aromatic N) is 1. The third-order valence-electron chi connectivity index (χ3n) is 4.05. The van der Waals surface area contributed by atoms with Crippen molar-refractivity contribution in [1.82, 2.24) is 4.90 Å². The van der Waals surface area contributed by atoms with E-state index in [0.717, 1.165) is 11.1 Å². The molecule has 1 unspecified atom stereocenters. The zero-order valence-corrected chi connectivity index (χ0v) is 15.2. The van der Waals surface area contributed by atoms with Crippen LogP contribution in [0.1, 0.15) is 17.3 Å². The maximum atomic E-state index is 6.29. The normalized spacial score (nSPS) is 12.4. The monoisotopic (exact) mass is 342 g/mol. The molecular formula is C20H26N2O3. The molecule has 0 aliphatic rings.